The van der Waals surface area contributed by atoms with Gasteiger partial charge in [0.15, 0.2) is 0 Å². The summed E-state index contributed by atoms with van der Waals surface area (Å²) in [5.74, 6) is 1.81. The van der Waals surface area contributed by atoms with E-state index in [1.807, 2.05) is 36.1 Å². The first kappa shape index (κ1) is 15.5. The van der Waals surface area contributed by atoms with Gasteiger partial charge in [-0.2, -0.15) is 0 Å². The van der Waals surface area contributed by atoms with Gasteiger partial charge in [-0.3, -0.25) is 4.79 Å². The summed E-state index contributed by atoms with van der Waals surface area (Å²) in [5.41, 5.74) is 1.70. The maximum Gasteiger partial charge on any atom is 0.254 e. The first-order valence-corrected chi connectivity index (χ1v) is 7.90. The normalized spacial score (nSPS) is 17.8. The molecule has 1 fully saturated rings. The van der Waals surface area contributed by atoms with E-state index in [0.29, 0.717) is 17.9 Å². The van der Waals surface area contributed by atoms with Crippen LogP contribution in [0.15, 0.2) is 36.5 Å². The van der Waals surface area contributed by atoms with E-state index >= 15 is 0 Å². The Morgan fingerprint density at radius 1 is 1.35 bits per heavy atom. The zero-order valence-electron chi connectivity index (χ0n) is 13.5. The van der Waals surface area contributed by atoms with Gasteiger partial charge in [-0.25, -0.2) is 9.97 Å². The number of benzene rings is 1. The van der Waals surface area contributed by atoms with Gasteiger partial charge < -0.3 is 9.64 Å². The first-order valence-electron chi connectivity index (χ1n) is 7.90. The molecule has 120 valence electrons. The van der Waals surface area contributed by atoms with Gasteiger partial charge in [0.05, 0.1) is 7.11 Å². The Hall–Kier alpha value is -2.43. The molecule has 3 rings (SSSR count). The van der Waals surface area contributed by atoms with Crippen LogP contribution in [-0.4, -0.2) is 41.0 Å². The summed E-state index contributed by atoms with van der Waals surface area (Å²) >= 11 is 0. The molecular formula is C18H21N3O2. The predicted molar refractivity (Wildman–Crippen MR) is 87.6 cm³/mol. The molecule has 0 spiro atoms. The van der Waals surface area contributed by atoms with Crippen LogP contribution < -0.4 is 4.74 Å². The van der Waals surface area contributed by atoms with Gasteiger partial charge in [0.1, 0.15) is 11.6 Å². The van der Waals surface area contributed by atoms with Crippen molar-refractivity contribution in [3.05, 3.63) is 53.6 Å². The molecule has 0 saturated carbocycles. The molecule has 1 saturated heterocycles. The summed E-state index contributed by atoms with van der Waals surface area (Å²) in [6.07, 6.45) is 3.84. The minimum absolute atomic E-state index is 0.0550. The Balaban J connectivity index is 1.76. The molecule has 1 aliphatic heterocycles. The van der Waals surface area contributed by atoms with Crippen LogP contribution in [0.1, 0.15) is 40.6 Å². The van der Waals surface area contributed by atoms with Gasteiger partial charge in [-0.15, -0.1) is 0 Å². The van der Waals surface area contributed by atoms with Crippen molar-refractivity contribution in [2.75, 3.05) is 20.2 Å². The van der Waals surface area contributed by atoms with E-state index in [2.05, 4.69) is 9.97 Å². The number of ether oxygens (including phenoxy) is 1. The third kappa shape index (κ3) is 3.50. The monoisotopic (exact) mass is 311 g/mol. The van der Waals surface area contributed by atoms with Gasteiger partial charge in [0.25, 0.3) is 5.91 Å². The number of nitrogens with zero attached hydrogens (tertiary/aromatic N) is 3. The van der Waals surface area contributed by atoms with Crippen LogP contribution in [0.4, 0.5) is 0 Å². The zero-order valence-corrected chi connectivity index (χ0v) is 13.5. The summed E-state index contributed by atoms with van der Waals surface area (Å²) in [4.78, 5) is 23.3. The van der Waals surface area contributed by atoms with Crippen molar-refractivity contribution >= 4 is 5.91 Å². The topological polar surface area (TPSA) is 55.3 Å². The average molecular weight is 311 g/mol. The number of hydrogen-bond donors (Lipinski definition) is 0. The molecule has 1 aromatic carbocycles. The van der Waals surface area contributed by atoms with Crippen molar-refractivity contribution in [3.63, 3.8) is 0 Å². The highest BCUT2D eigenvalue weighted by Crippen LogP contribution is 2.27. The Bertz CT molecular complexity index is 702. The smallest absolute Gasteiger partial charge is 0.254 e. The predicted octanol–water partition coefficient (Wildman–Crippen LogP) is 2.81. The van der Waals surface area contributed by atoms with Crippen LogP contribution in [0.25, 0.3) is 0 Å². The number of aryl methyl sites for hydroxylation is 1. The van der Waals surface area contributed by atoms with E-state index in [1.54, 1.807) is 19.4 Å². The van der Waals surface area contributed by atoms with E-state index in [1.165, 1.54) is 0 Å². The number of rotatable bonds is 3. The number of likely N-dealkylation sites (tertiary alicyclic amines) is 1. The van der Waals surface area contributed by atoms with Gasteiger partial charge >= 0.3 is 0 Å². The maximum atomic E-state index is 12.7. The van der Waals surface area contributed by atoms with Gasteiger partial charge in [0, 0.05) is 36.5 Å². The molecular weight excluding hydrogens is 290 g/mol. The average Bonchev–Trinajstić information content (AvgIpc) is 2.61. The van der Waals surface area contributed by atoms with Gasteiger partial charge in [-0.05, 0) is 44.0 Å². The van der Waals surface area contributed by atoms with E-state index in [-0.39, 0.29) is 11.8 Å². The van der Waals surface area contributed by atoms with E-state index in [9.17, 15) is 4.79 Å². The molecule has 5 nitrogen and oxygen atoms in total. The van der Waals surface area contributed by atoms with Crippen molar-refractivity contribution in [1.82, 2.24) is 14.9 Å². The highest BCUT2D eigenvalue weighted by molar-refractivity contribution is 5.94. The summed E-state index contributed by atoms with van der Waals surface area (Å²) < 4.78 is 5.21. The van der Waals surface area contributed by atoms with Crippen LogP contribution in [0.3, 0.4) is 0 Å². The van der Waals surface area contributed by atoms with Crippen LogP contribution in [0, 0.1) is 6.92 Å². The Morgan fingerprint density at radius 2 is 2.22 bits per heavy atom. The molecule has 2 aromatic rings. The number of methoxy groups -OCH3 is 1. The van der Waals surface area contributed by atoms with Gasteiger partial charge in [-0.1, -0.05) is 6.07 Å². The quantitative estimate of drug-likeness (QED) is 0.874. The second-order valence-corrected chi connectivity index (χ2v) is 5.85. The van der Waals surface area contributed by atoms with Crippen LogP contribution in [0.5, 0.6) is 5.75 Å². The molecule has 1 aromatic heterocycles. The summed E-state index contributed by atoms with van der Waals surface area (Å²) in [6.45, 7) is 3.38. The van der Waals surface area contributed by atoms with Crippen molar-refractivity contribution in [2.45, 2.75) is 25.7 Å². The second kappa shape index (κ2) is 6.77. The van der Waals surface area contributed by atoms with E-state index in [4.69, 9.17) is 4.74 Å². The SMILES string of the molecule is COc1cccc(C(=O)N2CCC[C@@H](c3ccnc(C)n3)C2)c1. The Morgan fingerprint density at radius 3 is 3.00 bits per heavy atom. The largest absolute Gasteiger partial charge is 0.497 e. The number of carbonyl (C=O) groups excluding carboxylic acids is 1. The molecule has 5 heteroatoms. The standard InChI is InChI=1S/C18H21N3O2/c1-13-19-9-8-17(20-13)15-6-4-10-21(12-15)18(22)14-5-3-7-16(11-14)23-2/h3,5,7-9,11,15H,4,6,10,12H2,1-2H3/t15-/m1/s1. The zero-order chi connectivity index (χ0) is 16.2. The fourth-order valence-electron chi connectivity index (χ4n) is 3.04. The minimum atomic E-state index is 0.0550. The van der Waals surface area contributed by atoms with E-state index in [0.717, 1.165) is 30.9 Å². The van der Waals surface area contributed by atoms with Crippen molar-refractivity contribution in [1.29, 1.82) is 0 Å². The van der Waals surface area contributed by atoms with Crippen molar-refractivity contribution in [2.24, 2.45) is 0 Å². The van der Waals surface area contributed by atoms with Gasteiger partial charge in [0.2, 0.25) is 0 Å². The Labute approximate surface area is 136 Å². The molecule has 0 radical (unpaired) electrons. The van der Waals surface area contributed by atoms with E-state index < -0.39 is 0 Å². The van der Waals surface area contributed by atoms with Crippen molar-refractivity contribution in [3.8, 4) is 5.75 Å². The lowest BCUT2D eigenvalue weighted by Gasteiger charge is -2.32. The summed E-state index contributed by atoms with van der Waals surface area (Å²) in [6, 6.07) is 9.28. The lowest BCUT2D eigenvalue weighted by Crippen LogP contribution is -2.39. The third-order valence-electron chi connectivity index (χ3n) is 4.24. The van der Waals surface area contributed by atoms with Crippen LogP contribution >= 0.6 is 0 Å². The van der Waals surface area contributed by atoms with Crippen LogP contribution in [0.2, 0.25) is 0 Å². The molecule has 0 unspecified atom stereocenters. The second-order valence-electron chi connectivity index (χ2n) is 5.85. The summed E-state index contributed by atoms with van der Waals surface area (Å²) in [7, 11) is 1.61. The Kier molecular flexibility index (Phi) is 4.55. The van der Waals surface area contributed by atoms with Crippen LogP contribution in [-0.2, 0) is 0 Å². The molecule has 2 heterocycles. The number of aromatic nitrogens is 2. The molecule has 0 N–H and O–H groups in total. The molecule has 1 amide bonds. The third-order valence-corrected chi connectivity index (χ3v) is 4.24. The first-order chi connectivity index (χ1) is 11.2. The highest BCUT2D eigenvalue weighted by atomic mass is 16.5. The fourth-order valence-corrected chi connectivity index (χ4v) is 3.04. The number of amides is 1. The molecule has 23 heavy (non-hydrogen) atoms. The summed E-state index contributed by atoms with van der Waals surface area (Å²) in [5, 5.41) is 0. The fraction of sp³-hybridized carbons (Fsp3) is 0.389. The number of carbonyl (C=O) groups is 1. The lowest BCUT2D eigenvalue weighted by atomic mass is 9.94. The molecule has 1 aliphatic rings. The maximum absolute atomic E-state index is 12.7. The highest BCUT2D eigenvalue weighted by Gasteiger charge is 2.26. The van der Waals surface area contributed by atoms with Crippen molar-refractivity contribution < 1.29 is 9.53 Å². The molecule has 1 atom stereocenters. The molecule has 0 aliphatic carbocycles. The number of hydrogen-bond acceptors (Lipinski definition) is 4. The lowest BCUT2D eigenvalue weighted by molar-refractivity contribution is 0.0705. The molecule has 0 bridgehead atoms. The number of piperidine rings is 1. The minimum Gasteiger partial charge on any atom is -0.497 e.